The molecule has 4 aromatic rings. The molecule has 7 nitrogen and oxygen atoms in total. The van der Waals surface area contributed by atoms with Gasteiger partial charge in [0.05, 0.1) is 24.2 Å². The van der Waals surface area contributed by atoms with E-state index in [2.05, 4.69) is 36.2 Å². The largest absolute Gasteiger partial charge is 0.497 e. The number of H-pyrrole nitrogens is 1. The van der Waals surface area contributed by atoms with E-state index in [1.54, 1.807) is 14.0 Å². The lowest BCUT2D eigenvalue weighted by atomic mass is 10.2. The Hall–Kier alpha value is -3.04. The van der Waals surface area contributed by atoms with Crippen LogP contribution in [0.15, 0.2) is 67.3 Å². The van der Waals surface area contributed by atoms with Crippen molar-refractivity contribution in [3.63, 3.8) is 0 Å². The van der Waals surface area contributed by atoms with E-state index in [1.165, 1.54) is 16.0 Å². The lowest BCUT2D eigenvalue weighted by Crippen LogP contribution is -2.13. The van der Waals surface area contributed by atoms with Crippen molar-refractivity contribution in [3.8, 4) is 22.1 Å². The molecule has 2 heterocycles. The van der Waals surface area contributed by atoms with Crippen LogP contribution in [-0.2, 0) is 0 Å². The first-order valence-corrected chi connectivity index (χ1v) is 10.7. The summed E-state index contributed by atoms with van der Waals surface area (Å²) in [5, 5.41) is 13.9. The molecule has 0 aliphatic rings. The van der Waals surface area contributed by atoms with Crippen LogP contribution in [0.5, 0.6) is 5.75 Å². The molecule has 0 aliphatic carbocycles. The van der Waals surface area contributed by atoms with Gasteiger partial charge < -0.3 is 4.74 Å². The second-order valence-corrected chi connectivity index (χ2v) is 8.29. The third-order valence-corrected chi connectivity index (χ3v) is 6.21. The number of nitrogens with zero attached hydrogens (tertiary/aromatic N) is 4. The lowest BCUT2D eigenvalue weighted by Gasteiger charge is -2.00. The molecule has 0 unspecified atom stereocenters. The maximum atomic E-state index is 12.9. The standard InChI is InChI=1S/C21H18BrN5O2S/c1-12-4-7-15(10-17(12)22)24-25-19-13(2)26-27(20(19)28)21-23-18(11-30-21)14-5-8-16(29-3)9-6-14/h4-11,26H,1-3H3. The maximum absolute atomic E-state index is 12.9. The van der Waals surface area contributed by atoms with Gasteiger partial charge in [0, 0.05) is 15.4 Å². The van der Waals surface area contributed by atoms with Gasteiger partial charge in [0.2, 0.25) is 5.13 Å². The number of benzene rings is 2. The Kier molecular flexibility index (Phi) is 5.65. The molecule has 2 aromatic carbocycles. The highest BCUT2D eigenvalue weighted by atomic mass is 79.9. The second-order valence-electron chi connectivity index (χ2n) is 6.60. The van der Waals surface area contributed by atoms with E-state index in [0.717, 1.165) is 27.0 Å². The summed E-state index contributed by atoms with van der Waals surface area (Å²) < 4.78 is 7.52. The highest BCUT2D eigenvalue weighted by Crippen LogP contribution is 2.27. The van der Waals surface area contributed by atoms with E-state index < -0.39 is 0 Å². The number of hydrogen-bond acceptors (Lipinski definition) is 6. The van der Waals surface area contributed by atoms with Crippen LogP contribution in [0.4, 0.5) is 11.4 Å². The quantitative estimate of drug-likeness (QED) is 0.348. The highest BCUT2D eigenvalue weighted by molar-refractivity contribution is 9.10. The van der Waals surface area contributed by atoms with Crippen LogP contribution in [0.1, 0.15) is 11.3 Å². The molecule has 1 N–H and O–H groups in total. The minimum atomic E-state index is -0.293. The number of methoxy groups -OCH3 is 1. The summed E-state index contributed by atoms with van der Waals surface area (Å²) in [5.74, 6) is 0.779. The fourth-order valence-electron chi connectivity index (χ4n) is 2.80. The van der Waals surface area contributed by atoms with Gasteiger partial charge >= 0.3 is 5.56 Å². The Balaban J connectivity index is 1.63. The summed E-state index contributed by atoms with van der Waals surface area (Å²) in [6.45, 7) is 3.78. The first-order valence-electron chi connectivity index (χ1n) is 9.06. The summed E-state index contributed by atoms with van der Waals surface area (Å²) in [7, 11) is 1.63. The van der Waals surface area contributed by atoms with E-state index in [4.69, 9.17) is 4.74 Å². The molecule has 0 amide bonds. The molecule has 0 bridgehead atoms. The fourth-order valence-corrected chi connectivity index (χ4v) is 3.96. The maximum Gasteiger partial charge on any atom is 0.301 e. The second kappa shape index (κ2) is 8.37. The molecule has 0 radical (unpaired) electrons. The summed E-state index contributed by atoms with van der Waals surface area (Å²) in [4.78, 5) is 17.5. The van der Waals surface area contributed by atoms with Crippen LogP contribution < -0.4 is 10.3 Å². The van der Waals surface area contributed by atoms with E-state index >= 15 is 0 Å². The SMILES string of the molecule is COc1ccc(-c2csc(-n3[nH]c(C)c(N=Nc4ccc(C)c(Br)c4)c3=O)n2)cc1. The molecular weight excluding hydrogens is 466 g/mol. The summed E-state index contributed by atoms with van der Waals surface area (Å²) >= 11 is 4.85. The minimum Gasteiger partial charge on any atom is -0.497 e. The molecule has 9 heteroatoms. The number of azo groups is 1. The molecule has 0 aliphatic heterocycles. The number of hydrogen-bond donors (Lipinski definition) is 1. The Morgan fingerprint density at radius 1 is 1.13 bits per heavy atom. The molecule has 152 valence electrons. The van der Waals surface area contributed by atoms with E-state index in [0.29, 0.717) is 16.5 Å². The van der Waals surface area contributed by atoms with E-state index in [-0.39, 0.29) is 11.2 Å². The van der Waals surface area contributed by atoms with Gasteiger partial charge in [0.1, 0.15) is 5.75 Å². The molecule has 30 heavy (non-hydrogen) atoms. The third kappa shape index (κ3) is 3.99. The van der Waals surface area contributed by atoms with Crippen molar-refractivity contribution in [2.45, 2.75) is 13.8 Å². The molecular formula is C21H18BrN5O2S. The van der Waals surface area contributed by atoms with Crippen molar-refractivity contribution in [2.24, 2.45) is 10.2 Å². The van der Waals surface area contributed by atoms with Gasteiger partial charge in [0.15, 0.2) is 5.69 Å². The van der Waals surface area contributed by atoms with Crippen LogP contribution in [0.3, 0.4) is 0 Å². The fraction of sp³-hybridized carbons (Fsp3) is 0.143. The number of nitrogens with one attached hydrogen (secondary N) is 1. The average molecular weight is 484 g/mol. The Bertz CT molecular complexity index is 1290. The molecule has 0 saturated carbocycles. The smallest absolute Gasteiger partial charge is 0.301 e. The van der Waals surface area contributed by atoms with Crippen molar-refractivity contribution in [1.82, 2.24) is 14.8 Å². The Labute approximate surface area is 185 Å². The predicted octanol–water partition coefficient (Wildman–Crippen LogP) is 6.09. The summed E-state index contributed by atoms with van der Waals surface area (Å²) in [5.41, 5.74) is 4.08. The third-order valence-electron chi connectivity index (χ3n) is 4.53. The van der Waals surface area contributed by atoms with Crippen molar-refractivity contribution in [2.75, 3.05) is 7.11 Å². The van der Waals surface area contributed by atoms with Crippen molar-refractivity contribution >= 4 is 38.6 Å². The van der Waals surface area contributed by atoms with Gasteiger partial charge in [-0.25, -0.2) is 4.98 Å². The van der Waals surface area contributed by atoms with Crippen LogP contribution in [0, 0.1) is 13.8 Å². The van der Waals surface area contributed by atoms with Crippen molar-refractivity contribution in [1.29, 1.82) is 0 Å². The van der Waals surface area contributed by atoms with Crippen molar-refractivity contribution in [3.05, 3.63) is 73.9 Å². The minimum absolute atomic E-state index is 0.257. The Morgan fingerprint density at radius 3 is 2.60 bits per heavy atom. The zero-order chi connectivity index (χ0) is 21.3. The number of halogens is 1. The first-order chi connectivity index (χ1) is 14.5. The first kappa shape index (κ1) is 20.2. The number of rotatable bonds is 5. The van der Waals surface area contributed by atoms with E-state index in [9.17, 15) is 4.79 Å². The zero-order valence-electron chi connectivity index (χ0n) is 16.5. The van der Waals surface area contributed by atoms with Gasteiger partial charge in [-0.1, -0.05) is 22.0 Å². The zero-order valence-corrected chi connectivity index (χ0v) is 18.9. The summed E-state index contributed by atoms with van der Waals surface area (Å²) in [6, 6.07) is 13.3. The van der Waals surface area contributed by atoms with Gasteiger partial charge in [-0.2, -0.15) is 9.80 Å². The number of thiazole rings is 1. The highest BCUT2D eigenvalue weighted by Gasteiger charge is 2.15. The van der Waals surface area contributed by atoms with Gasteiger partial charge in [0.25, 0.3) is 0 Å². The molecule has 0 spiro atoms. The lowest BCUT2D eigenvalue weighted by molar-refractivity contribution is 0.415. The van der Waals surface area contributed by atoms with Gasteiger partial charge in [-0.15, -0.1) is 16.5 Å². The number of aromatic nitrogens is 3. The van der Waals surface area contributed by atoms with Gasteiger partial charge in [-0.05, 0) is 55.8 Å². The molecule has 0 saturated heterocycles. The topological polar surface area (TPSA) is 84.6 Å². The van der Waals surface area contributed by atoms with Crippen LogP contribution in [-0.4, -0.2) is 21.9 Å². The van der Waals surface area contributed by atoms with Crippen LogP contribution in [0.2, 0.25) is 0 Å². The average Bonchev–Trinajstić information content (AvgIpc) is 3.34. The number of aromatic amines is 1. The molecule has 0 atom stereocenters. The predicted molar refractivity (Wildman–Crippen MR) is 122 cm³/mol. The molecule has 4 rings (SSSR count). The number of ether oxygens (including phenoxy) is 1. The van der Waals surface area contributed by atoms with E-state index in [1.807, 2.05) is 54.8 Å². The molecule has 0 fully saturated rings. The van der Waals surface area contributed by atoms with Gasteiger partial charge in [-0.3, -0.25) is 9.89 Å². The monoisotopic (exact) mass is 483 g/mol. The van der Waals surface area contributed by atoms with Crippen LogP contribution in [0.25, 0.3) is 16.4 Å². The van der Waals surface area contributed by atoms with Crippen LogP contribution >= 0.6 is 27.3 Å². The van der Waals surface area contributed by atoms with Crippen molar-refractivity contribution < 1.29 is 4.74 Å². The molecule has 2 aromatic heterocycles. The number of aryl methyl sites for hydroxylation is 2. The normalized spacial score (nSPS) is 11.3. The Morgan fingerprint density at radius 2 is 1.90 bits per heavy atom. The summed E-state index contributed by atoms with van der Waals surface area (Å²) in [6.07, 6.45) is 0.